The first-order valence-electron chi connectivity index (χ1n) is 12.2. The molecule has 2 heterocycles. The van der Waals surface area contributed by atoms with Gasteiger partial charge in [0.2, 0.25) is 0 Å². The highest BCUT2D eigenvalue weighted by molar-refractivity contribution is 5.93. The first-order chi connectivity index (χ1) is 16.6. The van der Waals surface area contributed by atoms with Crippen molar-refractivity contribution in [1.82, 2.24) is 15.0 Å². The van der Waals surface area contributed by atoms with Gasteiger partial charge in [-0.2, -0.15) is 0 Å². The number of hydrogen-bond acceptors (Lipinski definition) is 4. The summed E-state index contributed by atoms with van der Waals surface area (Å²) in [5, 5.41) is 0.948. The molecule has 0 spiro atoms. The highest BCUT2D eigenvalue weighted by Gasteiger charge is 2.41. The van der Waals surface area contributed by atoms with Crippen LogP contribution in [0.5, 0.6) is 0 Å². The van der Waals surface area contributed by atoms with E-state index < -0.39 is 0 Å². The molecule has 2 aromatic heterocycles. The van der Waals surface area contributed by atoms with Crippen LogP contribution < -0.4 is 0 Å². The number of carbonyl (C=O) groups is 1. The van der Waals surface area contributed by atoms with Gasteiger partial charge in [0.1, 0.15) is 11.6 Å². The molecule has 0 saturated heterocycles. The van der Waals surface area contributed by atoms with Gasteiger partial charge in [0.25, 0.3) is 0 Å². The summed E-state index contributed by atoms with van der Waals surface area (Å²) in [7, 11) is 1.40. The van der Waals surface area contributed by atoms with Crippen LogP contribution in [0.1, 0.15) is 72.1 Å². The quantitative estimate of drug-likeness (QED) is 0.347. The molecular weight excluding hydrogens is 429 g/mol. The molecule has 2 aromatic carbocycles. The predicted molar refractivity (Wildman–Crippen MR) is 129 cm³/mol. The molecular formula is C28H28FN3O2. The summed E-state index contributed by atoms with van der Waals surface area (Å²) in [6.07, 6.45) is 8.82. The Morgan fingerprint density at radius 3 is 2.50 bits per heavy atom. The number of methoxy groups -OCH3 is 1. The number of aromatic amines is 1. The molecule has 5 nitrogen and oxygen atoms in total. The number of rotatable bonds is 5. The van der Waals surface area contributed by atoms with E-state index in [1.54, 1.807) is 18.2 Å². The van der Waals surface area contributed by atoms with Crippen LogP contribution in [0.4, 0.5) is 4.39 Å². The fraction of sp³-hybridized carbons (Fsp3) is 0.393. The molecule has 34 heavy (non-hydrogen) atoms. The minimum Gasteiger partial charge on any atom is -0.465 e. The minimum absolute atomic E-state index is 0.204. The van der Waals surface area contributed by atoms with Gasteiger partial charge in [-0.15, -0.1) is 0 Å². The van der Waals surface area contributed by atoms with Gasteiger partial charge in [-0.05, 0) is 104 Å². The Bertz CT molecular complexity index is 1370. The molecule has 0 aliphatic heterocycles. The van der Waals surface area contributed by atoms with E-state index in [2.05, 4.69) is 16.0 Å². The van der Waals surface area contributed by atoms with Crippen molar-refractivity contribution in [2.75, 3.05) is 7.11 Å². The van der Waals surface area contributed by atoms with Crippen LogP contribution in [0, 0.1) is 17.7 Å². The van der Waals surface area contributed by atoms with E-state index in [-0.39, 0.29) is 11.8 Å². The van der Waals surface area contributed by atoms with Crippen molar-refractivity contribution in [2.24, 2.45) is 11.8 Å². The smallest absolute Gasteiger partial charge is 0.337 e. The second-order valence-corrected chi connectivity index (χ2v) is 9.88. The van der Waals surface area contributed by atoms with Crippen molar-refractivity contribution in [3.05, 3.63) is 71.4 Å². The van der Waals surface area contributed by atoms with Crippen molar-refractivity contribution in [2.45, 2.75) is 50.4 Å². The predicted octanol–water partition coefficient (Wildman–Crippen LogP) is 6.50. The molecule has 6 rings (SSSR count). The summed E-state index contributed by atoms with van der Waals surface area (Å²) >= 11 is 0. The lowest BCUT2D eigenvalue weighted by Gasteiger charge is -2.34. The Labute approximate surface area is 197 Å². The average molecular weight is 458 g/mol. The van der Waals surface area contributed by atoms with E-state index in [4.69, 9.17) is 9.72 Å². The van der Waals surface area contributed by atoms with Crippen LogP contribution in [-0.2, 0) is 4.74 Å². The Hall–Kier alpha value is -3.28. The molecule has 1 atom stereocenters. The number of hydrogen-bond donors (Lipinski definition) is 1. The Morgan fingerprint density at radius 1 is 1.00 bits per heavy atom. The zero-order valence-corrected chi connectivity index (χ0v) is 19.3. The molecule has 2 fully saturated rings. The molecule has 0 amide bonds. The van der Waals surface area contributed by atoms with E-state index in [0.29, 0.717) is 29.2 Å². The van der Waals surface area contributed by atoms with Gasteiger partial charge in [0, 0.05) is 17.5 Å². The van der Waals surface area contributed by atoms with Crippen molar-refractivity contribution < 1.29 is 13.9 Å². The maximum absolute atomic E-state index is 13.9. The van der Waals surface area contributed by atoms with E-state index >= 15 is 0 Å². The normalized spacial score (nSPS) is 21.6. The van der Waals surface area contributed by atoms with Gasteiger partial charge in [-0.1, -0.05) is 0 Å². The largest absolute Gasteiger partial charge is 0.465 e. The van der Waals surface area contributed by atoms with E-state index in [0.717, 1.165) is 53.4 Å². The monoisotopic (exact) mass is 457 g/mol. The van der Waals surface area contributed by atoms with Crippen molar-refractivity contribution in [3.8, 4) is 0 Å². The lowest BCUT2D eigenvalue weighted by molar-refractivity contribution is 0.0601. The summed E-state index contributed by atoms with van der Waals surface area (Å²) in [5.41, 5.74) is 4.41. The molecule has 0 radical (unpaired) electrons. The van der Waals surface area contributed by atoms with Crippen LogP contribution >= 0.6 is 0 Å². The second-order valence-electron chi connectivity index (χ2n) is 9.88. The molecule has 2 saturated carbocycles. The number of esters is 1. The Balaban J connectivity index is 1.24. The van der Waals surface area contributed by atoms with E-state index in [1.165, 1.54) is 31.6 Å². The number of nitrogens with one attached hydrogen (secondary N) is 1. The van der Waals surface area contributed by atoms with Crippen molar-refractivity contribution in [3.63, 3.8) is 0 Å². The van der Waals surface area contributed by atoms with Gasteiger partial charge in [-0.25, -0.2) is 14.2 Å². The highest BCUT2D eigenvalue weighted by atomic mass is 19.1. The molecule has 6 heteroatoms. The molecule has 174 valence electrons. The number of carbonyl (C=O) groups excluding carboxylic acids is 1. The Kier molecular flexibility index (Phi) is 5.31. The van der Waals surface area contributed by atoms with Crippen LogP contribution in [0.25, 0.3) is 21.9 Å². The Morgan fingerprint density at radius 2 is 1.76 bits per heavy atom. The fourth-order valence-corrected chi connectivity index (χ4v) is 6.00. The number of H-pyrrole nitrogens is 1. The zero-order chi connectivity index (χ0) is 23.2. The number of ether oxygens (including phenoxy) is 1. The third-order valence-electron chi connectivity index (χ3n) is 7.82. The van der Waals surface area contributed by atoms with Crippen molar-refractivity contribution in [1.29, 1.82) is 0 Å². The molecule has 4 aromatic rings. The lowest BCUT2D eigenvalue weighted by Crippen LogP contribution is -2.22. The number of pyridine rings is 1. The van der Waals surface area contributed by atoms with Gasteiger partial charge in [0.05, 0.1) is 29.2 Å². The fourth-order valence-electron chi connectivity index (χ4n) is 6.00. The molecule has 2 aliphatic carbocycles. The number of halogens is 1. The number of imidazole rings is 1. The second kappa shape index (κ2) is 8.49. The maximum atomic E-state index is 13.9. The first kappa shape index (κ1) is 21.3. The lowest BCUT2D eigenvalue weighted by atomic mass is 9.72. The van der Waals surface area contributed by atoms with Gasteiger partial charge in [-0.3, -0.25) is 4.98 Å². The highest BCUT2D eigenvalue weighted by Crippen LogP contribution is 2.51. The van der Waals surface area contributed by atoms with Gasteiger partial charge >= 0.3 is 5.97 Å². The zero-order valence-electron chi connectivity index (χ0n) is 19.3. The summed E-state index contributed by atoms with van der Waals surface area (Å²) in [5.74, 6) is 2.62. The molecule has 0 bridgehead atoms. The van der Waals surface area contributed by atoms with Gasteiger partial charge < -0.3 is 9.72 Å². The first-order valence-corrected chi connectivity index (χ1v) is 12.2. The molecule has 1 N–H and O–H groups in total. The van der Waals surface area contributed by atoms with Crippen LogP contribution in [0.2, 0.25) is 0 Å². The minimum atomic E-state index is -0.341. The third-order valence-corrected chi connectivity index (χ3v) is 7.82. The van der Waals surface area contributed by atoms with Crippen LogP contribution in [0.3, 0.4) is 0 Å². The number of nitrogens with zero attached hydrogens (tertiary/aromatic N) is 2. The number of benzene rings is 2. The number of aromatic nitrogens is 3. The average Bonchev–Trinajstić information content (AvgIpc) is 3.61. The number of fused-ring (bicyclic) bond motifs is 2. The van der Waals surface area contributed by atoms with Crippen LogP contribution in [0.15, 0.2) is 48.7 Å². The third kappa shape index (κ3) is 3.85. The van der Waals surface area contributed by atoms with E-state index in [9.17, 15) is 9.18 Å². The SMILES string of the molecule is COC(=O)c1ccc2[nH]c([C@H](C3CC3)[C@H]3CC[C@@H](c4ccnc5ccc(F)cc54)CC3)nc2c1. The summed E-state index contributed by atoms with van der Waals surface area (Å²) in [6.45, 7) is 0. The molecule has 2 aliphatic rings. The van der Waals surface area contributed by atoms with Gasteiger partial charge in [0.15, 0.2) is 0 Å². The van der Waals surface area contributed by atoms with Crippen LogP contribution in [-0.4, -0.2) is 28.0 Å². The maximum Gasteiger partial charge on any atom is 0.337 e. The summed E-state index contributed by atoms with van der Waals surface area (Å²) in [4.78, 5) is 24.9. The standard InChI is InChI=1S/C28H28FN3O2/c1-34-28(33)19-8-10-24-25(14-19)32-27(31-24)26(18-6-7-18)17-4-2-16(3-5-17)21-12-13-30-23-11-9-20(29)15-22(21)23/h8-18,26H,2-7H2,1H3,(H,31,32)/t16-,17+,26-/m0/s1. The summed E-state index contributed by atoms with van der Waals surface area (Å²) < 4.78 is 18.8. The van der Waals surface area contributed by atoms with Crippen molar-refractivity contribution >= 4 is 27.9 Å². The molecule has 0 unspecified atom stereocenters. The van der Waals surface area contributed by atoms with E-state index in [1.807, 2.05) is 18.3 Å². The topological polar surface area (TPSA) is 67.9 Å². The summed E-state index contributed by atoms with van der Waals surface area (Å²) in [6, 6.07) is 12.5.